The molecule has 1 amide bonds. The Morgan fingerprint density at radius 2 is 1.81 bits per heavy atom. The number of hydrogen-bond donors (Lipinski definition) is 1. The van der Waals surface area contributed by atoms with Crippen LogP contribution in [-0.2, 0) is 4.79 Å². The summed E-state index contributed by atoms with van der Waals surface area (Å²) in [5.74, 6) is -0.241. The van der Waals surface area contributed by atoms with Gasteiger partial charge in [0.1, 0.15) is 16.4 Å². The van der Waals surface area contributed by atoms with Gasteiger partial charge in [-0.15, -0.1) is 11.3 Å². The molecule has 3 aromatic carbocycles. The standard InChI is InChI=1S/C26H19Cl3N2O4S/c1-2-20(35-21-12-9-16(27)13-19(21)28)25(32)31-30-14-15-7-10-17(11-8-15)34-26(33)24-23(29)18-5-3-4-6-22(18)36-24/h3-14,20H,2H2,1H3,(H,31,32)/b30-14-/t20-/m0/s1. The minimum absolute atomic E-state index is 0.313. The van der Waals surface area contributed by atoms with Crippen molar-refractivity contribution in [2.75, 3.05) is 0 Å². The molecule has 0 bridgehead atoms. The van der Waals surface area contributed by atoms with E-state index in [1.165, 1.54) is 17.6 Å². The molecule has 0 aliphatic rings. The first-order chi connectivity index (χ1) is 17.4. The van der Waals surface area contributed by atoms with Crippen LogP contribution in [0.2, 0.25) is 15.1 Å². The van der Waals surface area contributed by atoms with Crippen LogP contribution < -0.4 is 14.9 Å². The maximum Gasteiger partial charge on any atom is 0.355 e. The highest BCUT2D eigenvalue weighted by Crippen LogP contribution is 2.35. The summed E-state index contributed by atoms with van der Waals surface area (Å²) < 4.78 is 12.1. The molecule has 0 fully saturated rings. The van der Waals surface area contributed by atoms with E-state index in [2.05, 4.69) is 10.5 Å². The molecule has 0 saturated heterocycles. The Hall–Kier alpha value is -3.10. The number of thiophene rings is 1. The summed E-state index contributed by atoms with van der Waals surface area (Å²) in [6.07, 6.45) is 1.08. The summed E-state index contributed by atoms with van der Waals surface area (Å²) in [6, 6.07) is 18.9. The molecule has 10 heteroatoms. The average molecular weight is 562 g/mol. The Balaban J connectivity index is 1.34. The maximum absolute atomic E-state index is 12.6. The summed E-state index contributed by atoms with van der Waals surface area (Å²) in [5, 5.41) is 5.96. The molecule has 4 aromatic rings. The molecule has 1 N–H and O–H groups in total. The molecular weight excluding hydrogens is 543 g/mol. The fourth-order valence-electron chi connectivity index (χ4n) is 3.21. The molecule has 0 aliphatic carbocycles. The second kappa shape index (κ2) is 11.8. The topological polar surface area (TPSA) is 77.0 Å². The lowest BCUT2D eigenvalue weighted by atomic mass is 10.2. The predicted molar refractivity (Wildman–Crippen MR) is 145 cm³/mol. The van der Waals surface area contributed by atoms with Crippen molar-refractivity contribution in [3.63, 3.8) is 0 Å². The first kappa shape index (κ1) is 26.0. The van der Waals surface area contributed by atoms with Gasteiger partial charge in [-0.3, -0.25) is 4.79 Å². The van der Waals surface area contributed by atoms with Gasteiger partial charge < -0.3 is 9.47 Å². The minimum Gasteiger partial charge on any atom is -0.479 e. The fraction of sp³-hybridized carbons (Fsp3) is 0.115. The van der Waals surface area contributed by atoms with Crippen LogP contribution in [-0.4, -0.2) is 24.2 Å². The lowest BCUT2D eigenvalue weighted by molar-refractivity contribution is -0.128. The highest BCUT2D eigenvalue weighted by molar-refractivity contribution is 7.21. The number of nitrogens with zero attached hydrogens (tertiary/aromatic N) is 1. The van der Waals surface area contributed by atoms with E-state index in [9.17, 15) is 9.59 Å². The zero-order valence-electron chi connectivity index (χ0n) is 18.8. The van der Waals surface area contributed by atoms with Crippen molar-refractivity contribution in [3.05, 3.63) is 92.2 Å². The molecule has 1 aromatic heterocycles. The molecule has 0 saturated carbocycles. The number of ether oxygens (including phenoxy) is 2. The molecule has 4 rings (SSSR count). The largest absolute Gasteiger partial charge is 0.479 e. The van der Waals surface area contributed by atoms with Crippen molar-refractivity contribution in [1.82, 2.24) is 5.43 Å². The summed E-state index contributed by atoms with van der Waals surface area (Å²) in [4.78, 5) is 25.4. The van der Waals surface area contributed by atoms with Gasteiger partial charge in [0.25, 0.3) is 5.91 Å². The van der Waals surface area contributed by atoms with Crippen molar-refractivity contribution in [2.24, 2.45) is 5.10 Å². The summed E-state index contributed by atoms with van der Waals surface area (Å²) in [7, 11) is 0. The molecule has 36 heavy (non-hydrogen) atoms. The predicted octanol–water partition coefficient (Wildman–Crippen LogP) is 7.39. The maximum atomic E-state index is 12.6. The number of hydrazone groups is 1. The average Bonchev–Trinajstić information content (AvgIpc) is 3.21. The summed E-state index contributed by atoms with van der Waals surface area (Å²) in [6.45, 7) is 1.81. The van der Waals surface area contributed by atoms with E-state index < -0.39 is 18.0 Å². The van der Waals surface area contributed by atoms with E-state index in [1.54, 1.807) is 42.5 Å². The second-order valence-electron chi connectivity index (χ2n) is 7.52. The SMILES string of the molecule is CC[C@H](Oc1ccc(Cl)cc1Cl)C(=O)N/N=C\c1ccc(OC(=O)c2sc3ccccc3c2Cl)cc1. The number of carbonyl (C=O) groups excluding carboxylic acids is 2. The molecular formula is C26H19Cl3N2O4S. The van der Waals surface area contributed by atoms with E-state index in [0.717, 1.165) is 10.1 Å². The Morgan fingerprint density at radius 1 is 1.06 bits per heavy atom. The second-order valence-corrected chi connectivity index (χ2v) is 9.80. The molecule has 0 unspecified atom stereocenters. The molecule has 1 atom stereocenters. The zero-order chi connectivity index (χ0) is 25.7. The van der Waals surface area contributed by atoms with Gasteiger partial charge in [-0.2, -0.15) is 5.10 Å². The Kier molecular flexibility index (Phi) is 8.48. The lowest BCUT2D eigenvalue weighted by Crippen LogP contribution is -2.35. The molecule has 1 heterocycles. The number of rotatable bonds is 8. The van der Waals surface area contributed by atoms with Crippen LogP contribution in [0.1, 0.15) is 28.6 Å². The van der Waals surface area contributed by atoms with Crippen LogP contribution in [0.15, 0.2) is 71.8 Å². The quantitative estimate of drug-likeness (QED) is 0.105. The van der Waals surface area contributed by atoms with E-state index in [4.69, 9.17) is 44.3 Å². The van der Waals surface area contributed by atoms with E-state index in [0.29, 0.717) is 43.4 Å². The van der Waals surface area contributed by atoms with Crippen molar-refractivity contribution < 1.29 is 19.1 Å². The van der Waals surface area contributed by atoms with Crippen molar-refractivity contribution >= 4 is 74.3 Å². The third kappa shape index (κ3) is 6.17. The van der Waals surface area contributed by atoms with Gasteiger partial charge in [0.05, 0.1) is 16.3 Å². The molecule has 0 aliphatic heterocycles. The lowest BCUT2D eigenvalue weighted by Gasteiger charge is -2.16. The van der Waals surface area contributed by atoms with Crippen molar-refractivity contribution in [3.8, 4) is 11.5 Å². The Labute approximate surface area is 226 Å². The summed E-state index contributed by atoms with van der Waals surface area (Å²) >= 11 is 19.6. The number of carbonyl (C=O) groups is 2. The Morgan fingerprint density at radius 3 is 2.50 bits per heavy atom. The van der Waals surface area contributed by atoms with Crippen LogP contribution in [0.3, 0.4) is 0 Å². The number of nitrogens with one attached hydrogen (secondary N) is 1. The third-order valence-corrected chi connectivity index (χ3v) is 7.21. The first-order valence-corrected chi connectivity index (χ1v) is 12.7. The number of benzene rings is 3. The Bertz CT molecular complexity index is 1440. The highest BCUT2D eigenvalue weighted by atomic mass is 35.5. The number of fused-ring (bicyclic) bond motifs is 1. The van der Waals surface area contributed by atoms with Gasteiger partial charge in [0.2, 0.25) is 0 Å². The monoisotopic (exact) mass is 560 g/mol. The van der Waals surface area contributed by atoms with Gasteiger partial charge in [0, 0.05) is 15.1 Å². The molecule has 0 radical (unpaired) electrons. The van der Waals surface area contributed by atoms with E-state index in [-0.39, 0.29) is 0 Å². The van der Waals surface area contributed by atoms with Crippen molar-refractivity contribution in [1.29, 1.82) is 0 Å². The molecule has 184 valence electrons. The van der Waals surface area contributed by atoms with Gasteiger partial charge in [-0.1, -0.05) is 59.9 Å². The zero-order valence-corrected chi connectivity index (χ0v) is 21.9. The smallest absolute Gasteiger partial charge is 0.355 e. The van der Waals surface area contributed by atoms with Gasteiger partial charge in [-0.25, -0.2) is 10.2 Å². The first-order valence-electron chi connectivity index (χ1n) is 10.8. The van der Waals surface area contributed by atoms with E-state index >= 15 is 0 Å². The van der Waals surface area contributed by atoms with Crippen molar-refractivity contribution in [2.45, 2.75) is 19.4 Å². The van der Waals surface area contributed by atoms with Gasteiger partial charge in [0.15, 0.2) is 6.10 Å². The highest BCUT2D eigenvalue weighted by Gasteiger charge is 2.20. The molecule has 0 spiro atoms. The minimum atomic E-state index is -0.789. The van der Waals surface area contributed by atoms with Crippen LogP contribution in [0, 0.1) is 0 Å². The van der Waals surface area contributed by atoms with Crippen LogP contribution >= 0.6 is 46.1 Å². The normalized spacial score (nSPS) is 12.0. The number of esters is 1. The number of amides is 1. The van der Waals surface area contributed by atoms with Gasteiger partial charge in [-0.05, 0) is 60.5 Å². The third-order valence-electron chi connectivity index (χ3n) is 5.03. The van der Waals surface area contributed by atoms with E-state index in [1.807, 2.05) is 31.2 Å². The van der Waals surface area contributed by atoms with Crippen LogP contribution in [0.5, 0.6) is 11.5 Å². The molecule has 6 nitrogen and oxygen atoms in total. The number of hydrogen-bond acceptors (Lipinski definition) is 6. The van der Waals surface area contributed by atoms with Crippen LogP contribution in [0.25, 0.3) is 10.1 Å². The number of halogens is 3. The van der Waals surface area contributed by atoms with Crippen LogP contribution in [0.4, 0.5) is 0 Å². The summed E-state index contributed by atoms with van der Waals surface area (Å²) in [5.41, 5.74) is 3.14. The van der Waals surface area contributed by atoms with Gasteiger partial charge >= 0.3 is 5.97 Å². The fourth-order valence-corrected chi connectivity index (χ4v) is 5.05.